The summed E-state index contributed by atoms with van der Waals surface area (Å²) in [6.07, 6.45) is 4.05. The van der Waals surface area contributed by atoms with Crippen LogP contribution in [0.15, 0.2) is 47.6 Å². The van der Waals surface area contributed by atoms with Crippen LogP contribution in [0.25, 0.3) is 0 Å². The van der Waals surface area contributed by atoms with Gasteiger partial charge in [0.1, 0.15) is 24.0 Å². The molecule has 0 spiro atoms. The Kier molecular flexibility index (Phi) is 12.6. The fraction of sp³-hybridized carbons (Fsp3) is 0.526. The number of hydrogen-bond donors (Lipinski definition) is 2. The van der Waals surface area contributed by atoms with Gasteiger partial charge in [-0.05, 0) is 67.9 Å². The first-order chi connectivity index (χ1) is 20.5. The van der Waals surface area contributed by atoms with Gasteiger partial charge in [-0.1, -0.05) is 119 Å². The second-order valence-corrected chi connectivity index (χ2v) is 16.6. The van der Waals surface area contributed by atoms with Crippen LogP contribution in [0.4, 0.5) is 0 Å². The lowest BCUT2D eigenvalue weighted by molar-refractivity contribution is -0.138. The number of phenolic OH excluding ortho intramolecular Hbond substituents is 2. The number of aromatic hydroxyl groups is 2. The van der Waals surface area contributed by atoms with Crippen molar-refractivity contribution in [2.45, 2.75) is 130 Å². The number of benzene rings is 2. The number of carbonyl (C=O) groups is 2. The Morgan fingerprint density at radius 3 is 1.09 bits per heavy atom. The van der Waals surface area contributed by atoms with Gasteiger partial charge in [-0.2, -0.15) is 0 Å². The van der Waals surface area contributed by atoms with Crippen LogP contribution in [0.5, 0.6) is 11.5 Å². The number of aryl methyl sites for hydroxylation is 2. The zero-order valence-electron chi connectivity index (χ0n) is 29.4. The van der Waals surface area contributed by atoms with Gasteiger partial charge in [-0.15, -0.1) is 0 Å². The van der Waals surface area contributed by atoms with Crippen LogP contribution in [0.3, 0.4) is 0 Å². The molecule has 0 radical (unpaired) electrons. The van der Waals surface area contributed by atoms with E-state index in [0.717, 1.165) is 33.4 Å². The van der Waals surface area contributed by atoms with Gasteiger partial charge in [0.05, 0.1) is 0 Å². The van der Waals surface area contributed by atoms with Crippen molar-refractivity contribution >= 4 is 23.7 Å². The zero-order valence-corrected chi connectivity index (χ0v) is 30.2. The van der Waals surface area contributed by atoms with E-state index in [9.17, 15) is 19.8 Å². The van der Waals surface area contributed by atoms with Crippen molar-refractivity contribution in [2.75, 3.05) is 0 Å². The van der Waals surface area contributed by atoms with E-state index in [4.69, 9.17) is 9.47 Å². The van der Waals surface area contributed by atoms with Crippen LogP contribution in [0, 0.1) is 0 Å². The molecular weight excluding hydrogens is 584 g/mol. The number of ether oxygens (including phenoxy) is 2. The molecule has 0 aliphatic heterocycles. The predicted molar refractivity (Wildman–Crippen MR) is 186 cm³/mol. The molecule has 0 unspecified atom stereocenters. The molecule has 0 aliphatic carbocycles. The van der Waals surface area contributed by atoms with Gasteiger partial charge in [0, 0.05) is 23.7 Å². The molecule has 0 atom stereocenters. The highest BCUT2D eigenvalue weighted by atomic mass is 32.2. The summed E-state index contributed by atoms with van der Waals surface area (Å²) in [4.78, 5) is 24.7. The lowest BCUT2D eigenvalue weighted by atomic mass is 9.78. The van der Waals surface area contributed by atoms with Crippen LogP contribution in [-0.2, 0) is 53.6 Å². The topological polar surface area (TPSA) is 93.1 Å². The Labute approximate surface area is 275 Å². The van der Waals surface area contributed by atoms with Gasteiger partial charge in [-0.25, -0.2) is 0 Å². The number of phenols is 2. The quantitative estimate of drug-likeness (QED) is 0.198. The number of carbonyl (C=O) groups excluding carboxylic acids is 2. The van der Waals surface area contributed by atoms with Crippen LogP contribution in [-0.4, -0.2) is 22.2 Å². The van der Waals surface area contributed by atoms with Gasteiger partial charge in [-0.3, -0.25) is 9.59 Å². The van der Waals surface area contributed by atoms with Crippen molar-refractivity contribution < 1.29 is 29.3 Å². The maximum atomic E-state index is 12.4. The van der Waals surface area contributed by atoms with Gasteiger partial charge in [0.2, 0.25) is 0 Å². The summed E-state index contributed by atoms with van der Waals surface area (Å²) in [7, 11) is 0. The molecule has 248 valence electrons. The lowest BCUT2D eigenvalue weighted by Crippen LogP contribution is -2.18. The van der Waals surface area contributed by atoms with E-state index >= 15 is 0 Å². The fourth-order valence-electron chi connectivity index (χ4n) is 4.89. The molecule has 0 aliphatic rings. The Morgan fingerprint density at radius 1 is 0.578 bits per heavy atom. The molecule has 0 aromatic heterocycles. The van der Waals surface area contributed by atoms with Crippen LogP contribution in [0.1, 0.15) is 129 Å². The Bertz CT molecular complexity index is 1230. The minimum atomic E-state index is -0.358. The summed E-state index contributed by atoms with van der Waals surface area (Å²) in [5.74, 6) is -0.0738. The number of thioether (sulfide) groups is 1. The second-order valence-electron chi connectivity index (χ2n) is 15.7. The Morgan fingerprint density at radius 2 is 0.844 bits per heavy atom. The zero-order chi connectivity index (χ0) is 34.4. The third-order valence-electron chi connectivity index (χ3n) is 7.47. The van der Waals surface area contributed by atoms with E-state index in [1.165, 1.54) is 24.3 Å². The summed E-state index contributed by atoms with van der Waals surface area (Å²) >= 11 is 1.22. The van der Waals surface area contributed by atoms with E-state index in [-0.39, 0.29) is 46.4 Å². The third-order valence-corrected chi connectivity index (χ3v) is 8.01. The number of hydrogen-bond acceptors (Lipinski definition) is 7. The minimum absolute atomic E-state index is 0.204. The largest absolute Gasteiger partial charge is 0.507 e. The van der Waals surface area contributed by atoms with E-state index in [2.05, 4.69) is 83.1 Å². The van der Waals surface area contributed by atoms with Gasteiger partial charge < -0.3 is 19.7 Å². The van der Waals surface area contributed by atoms with Crippen LogP contribution in [0.2, 0.25) is 0 Å². The van der Waals surface area contributed by atoms with Crippen LogP contribution < -0.4 is 0 Å². The molecule has 0 fully saturated rings. The highest BCUT2D eigenvalue weighted by molar-refractivity contribution is 8.04. The average molecular weight is 639 g/mol. The molecule has 0 saturated heterocycles. The maximum Gasteiger partial charge on any atom is 0.310 e. The summed E-state index contributed by atoms with van der Waals surface area (Å²) in [5, 5.41) is 25.0. The van der Waals surface area contributed by atoms with E-state index < -0.39 is 0 Å². The van der Waals surface area contributed by atoms with E-state index in [1.54, 1.807) is 10.8 Å². The molecule has 0 amide bonds. The molecule has 2 rings (SSSR count). The molecule has 6 nitrogen and oxygen atoms in total. The third kappa shape index (κ3) is 11.6. The van der Waals surface area contributed by atoms with Crippen molar-refractivity contribution in [3.05, 3.63) is 81.0 Å². The minimum Gasteiger partial charge on any atom is -0.507 e. The van der Waals surface area contributed by atoms with Gasteiger partial charge in [0.15, 0.2) is 0 Å². The maximum absolute atomic E-state index is 12.4. The second kappa shape index (κ2) is 14.9. The molecule has 2 aromatic rings. The number of esters is 2. The van der Waals surface area contributed by atoms with Crippen molar-refractivity contribution in [2.24, 2.45) is 0 Å². The SMILES string of the molecule is CC(C)(C)c1cc(CCC(=O)OC=CSC=COC(=O)CCc2cc(C(C)(C)C)c(O)c(C(C)(C)C)c2)cc(C(C)(C)C)c1O. The standard InChI is InChI=1S/C38H54O6S/c1-35(2,3)27-21-25(22-28(33(27)41)36(4,5)6)13-15-31(39)43-17-19-45-20-18-44-32(40)16-14-26-23-29(37(7,8)9)34(42)30(24-26)38(10,11)12/h17-24,41-42H,13-16H2,1-12H3. The average Bonchev–Trinajstić information content (AvgIpc) is 2.88. The van der Waals surface area contributed by atoms with Crippen molar-refractivity contribution in [1.82, 2.24) is 0 Å². The summed E-state index contributed by atoms with van der Waals surface area (Å²) in [6.45, 7) is 24.7. The fourth-order valence-corrected chi connectivity index (χ4v) is 5.22. The molecule has 0 saturated carbocycles. The molecule has 45 heavy (non-hydrogen) atoms. The first-order valence-electron chi connectivity index (χ1n) is 15.6. The van der Waals surface area contributed by atoms with Gasteiger partial charge in [0.25, 0.3) is 0 Å². The van der Waals surface area contributed by atoms with E-state index in [0.29, 0.717) is 24.3 Å². The Balaban J connectivity index is 1.86. The molecule has 2 aromatic carbocycles. The summed E-state index contributed by atoms with van der Waals surface area (Å²) in [6, 6.07) is 7.92. The summed E-state index contributed by atoms with van der Waals surface area (Å²) in [5.41, 5.74) is 4.50. The first kappa shape index (κ1) is 38.0. The van der Waals surface area contributed by atoms with E-state index in [1.807, 2.05) is 24.3 Å². The number of rotatable bonds is 10. The summed E-state index contributed by atoms with van der Waals surface area (Å²) < 4.78 is 10.4. The normalized spacial score (nSPS) is 13.1. The van der Waals surface area contributed by atoms with Crippen molar-refractivity contribution in [3.63, 3.8) is 0 Å². The smallest absolute Gasteiger partial charge is 0.310 e. The Hall–Kier alpha value is -3.19. The lowest BCUT2D eigenvalue weighted by Gasteiger charge is -2.28. The predicted octanol–water partition coefficient (Wildman–Crippen LogP) is 9.62. The van der Waals surface area contributed by atoms with Crippen LogP contribution >= 0.6 is 11.8 Å². The molecule has 7 heteroatoms. The van der Waals surface area contributed by atoms with Gasteiger partial charge >= 0.3 is 11.9 Å². The highest BCUT2D eigenvalue weighted by Gasteiger charge is 2.28. The molecule has 0 heterocycles. The molecular formula is C38H54O6S. The van der Waals surface area contributed by atoms with Crippen molar-refractivity contribution in [3.8, 4) is 11.5 Å². The molecule has 0 bridgehead atoms. The molecule has 2 N–H and O–H groups in total. The highest BCUT2D eigenvalue weighted by Crippen LogP contribution is 2.41. The van der Waals surface area contributed by atoms with Crippen molar-refractivity contribution in [1.29, 1.82) is 0 Å². The first-order valence-corrected chi connectivity index (χ1v) is 16.5. The monoisotopic (exact) mass is 638 g/mol.